The zero-order valence-corrected chi connectivity index (χ0v) is 0.707. The summed E-state index contributed by atoms with van der Waals surface area (Å²) in [5, 5.41) is 0. The molecule has 0 fully saturated rings. The number of hydrogen-bond donors (Lipinski definition) is 1. The Bertz CT molecular complexity index is 4.14. The van der Waals surface area contributed by atoms with Gasteiger partial charge in [-0.05, 0) is 0 Å². The van der Waals surface area contributed by atoms with E-state index in [4.69, 9.17) is 0 Å². The van der Waals surface area contributed by atoms with Crippen LogP contribution < -0.4 is 6.15 Å². The molecule has 3 N–H and O–H groups in total. The number of hydrogen-bond acceptors (Lipinski definition) is 1. The van der Waals surface area contributed by atoms with Crippen molar-refractivity contribution in [2.45, 2.75) is 0 Å². The van der Waals surface area contributed by atoms with Crippen LogP contribution in [0.25, 0.3) is 0 Å². The summed E-state index contributed by atoms with van der Waals surface area (Å²) < 4.78 is 0. The summed E-state index contributed by atoms with van der Waals surface area (Å²) in [7, 11) is 0. The Kier molecular flexibility index (Phi) is 302. The van der Waals surface area contributed by atoms with Crippen molar-refractivity contribution in [1.82, 2.24) is 6.15 Å². The van der Waals surface area contributed by atoms with Gasteiger partial charge in [0.1, 0.15) is 0 Å². The van der Waals surface area contributed by atoms with Crippen LogP contribution in [0.4, 0.5) is 0 Å². The summed E-state index contributed by atoms with van der Waals surface area (Å²) in [6, 6.07) is 0. The monoisotopic (exact) mass is 161 g/mol. The van der Waals surface area contributed by atoms with Crippen LogP contribution in [0.2, 0.25) is 0 Å². The standard InChI is InChI=1S/H3N.6Na.6H/h1H3;;;;;;;;;;;;. The van der Waals surface area contributed by atoms with Crippen molar-refractivity contribution < 1.29 is 0 Å². The van der Waals surface area contributed by atoms with Crippen LogP contribution in [-0.2, 0) is 0 Å². The second kappa shape index (κ2) is 40.4. The topological polar surface area (TPSA) is 35.0 Å². The van der Waals surface area contributed by atoms with Gasteiger partial charge in [-0.2, -0.15) is 0 Å². The van der Waals surface area contributed by atoms with Crippen molar-refractivity contribution in [2.24, 2.45) is 0 Å². The second-order valence-corrected chi connectivity index (χ2v) is 0. The van der Waals surface area contributed by atoms with E-state index in [1.807, 2.05) is 0 Å². The van der Waals surface area contributed by atoms with E-state index in [1.54, 1.807) is 0 Å². The third-order valence-electron chi connectivity index (χ3n) is 0. The van der Waals surface area contributed by atoms with Crippen LogP contribution in [0.3, 0.4) is 0 Å². The molecule has 7 heteroatoms. The molecule has 0 rings (SSSR count). The van der Waals surface area contributed by atoms with Crippen molar-refractivity contribution in [2.75, 3.05) is 0 Å². The zero-order valence-electron chi connectivity index (χ0n) is 0.707. The minimum absolute atomic E-state index is 0. The van der Waals surface area contributed by atoms with Crippen LogP contribution in [0.1, 0.15) is 0 Å². The van der Waals surface area contributed by atoms with Crippen molar-refractivity contribution >= 4 is 177 Å². The van der Waals surface area contributed by atoms with Gasteiger partial charge in [-0.15, -0.1) is 0 Å². The SMILES string of the molecule is N.[NaH].[NaH].[NaH].[NaH].[NaH].[NaH]. The Hall–Kier alpha value is 5.96. The molecule has 0 radical (unpaired) electrons. The van der Waals surface area contributed by atoms with Gasteiger partial charge in [-0.1, -0.05) is 0 Å². The van der Waals surface area contributed by atoms with Crippen LogP contribution in [0.15, 0.2) is 0 Å². The molecule has 20 valence electrons. The quantitative estimate of drug-likeness (QED) is 0.364. The van der Waals surface area contributed by atoms with E-state index in [-0.39, 0.29) is 183 Å². The summed E-state index contributed by atoms with van der Waals surface area (Å²) in [5.74, 6) is 0. The molecule has 0 aliphatic carbocycles. The molecule has 0 amide bonds. The van der Waals surface area contributed by atoms with E-state index in [0.717, 1.165) is 0 Å². The molecule has 0 aromatic carbocycles. The average molecular weight is 161 g/mol. The normalized spacial score (nSPS) is 0. The summed E-state index contributed by atoms with van der Waals surface area (Å²) in [6.07, 6.45) is 0. The minimum atomic E-state index is 0. The zero-order chi connectivity index (χ0) is 0. The Labute approximate surface area is 178 Å². The molecule has 0 aliphatic heterocycles. The Morgan fingerprint density at radius 3 is 0.286 bits per heavy atom. The van der Waals surface area contributed by atoms with Gasteiger partial charge in [0.15, 0.2) is 0 Å². The molecule has 0 bridgehead atoms. The molecule has 0 aromatic rings. The van der Waals surface area contributed by atoms with Gasteiger partial charge >= 0.3 is 177 Å². The first-order chi connectivity index (χ1) is 0. The Morgan fingerprint density at radius 1 is 0.286 bits per heavy atom. The van der Waals surface area contributed by atoms with Crippen molar-refractivity contribution in [1.29, 1.82) is 0 Å². The second-order valence-electron chi connectivity index (χ2n) is 0. The van der Waals surface area contributed by atoms with E-state index in [0.29, 0.717) is 0 Å². The van der Waals surface area contributed by atoms with E-state index < -0.39 is 0 Å². The van der Waals surface area contributed by atoms with E-state index in [2.05, 4.69) is 0 Å². The average Bonchev–Trinajstić information content (AvgIpc) is 0. The van der Waals surface area contributed by atoms with Gasteiger partial charge in [0.25, 0.3) is 0 Å². The molecule has 0 unspecified atom stereocenters. The van der Waals surface area contributed by atoms with Crippen molar-refractivity contribution in [3.8, 4) is 0 Å². The fraction of sp³-hybridized carbons (Fsp3) is 0. The molecule has 0 atom stereocenters. The fourth-order valence-electron chi connectivity index (χ4n) is 0. The molecule has 7 heavy (non-hydrogen) atoms. The fourth-order valence-corrected chi connectivity index (χ4v) is 0. The van der Waals surface area contributed by atoms with Gasteiger partial charge in [0, 0.05) is 0 Å². The summed E-state index contributed by atoms with van der Waals surface area (Å²) in [4.78, 5) is 0. The Morgan fingerprint density at radius 2 is 0.286 bits per heavy atom. The first-order valence-corrected chi connectivity index (χ1v) is 0. The summed E-state index contributed by atoms with van der Waals surface area (Å²) in [6.45, 7) is 0. The molecule has 0 spiro atoms. The molecule has 0 saturated heterocycles. The first-order valence-electron chi connectivity index (χ1n) is 0. The molecule has 0 heterocycles. The van der Waals surface area contributed by atoms with Gasteiger partial charge < -0.3 is 6.15 Å². The van der Waals surface area contributed by atoms with Gasteiger partial charge in [-0.25, -0.2) is 0 Å². The maximum absolute atomic E-state index is 0. The molecule has 1 nitrogen and oxygen atoms in total. The predicted octanol–water partition coefficient (Wildman–Crippen LogP) is -3.73. The molecule has 0 aliphatic rings. The van der Waals surface area contributed by atoms with Crippen LogP contribution >= 0.6 is 0 Å². The van der Waals surface area contributed by atoms with E-state index in [9.17, 15) is 0 Å². The molecular weight excluding hydrogens is 152 g/mol. The third kappa shape index (κ3) is 33.4. The van der Waals surface area contributed by atoms with E-state index >= 15 is 0 Å². The van der Waals surface area contributed by atoms with Crippen molar-refractivity contribution in [3.63, 3.8) is 0 Å². The molecular formula is H9NNa6. The van der Waals surface area contributed by atoms with Crippen LogP contribution in [-0.4, -0.2) is 177 Å². The maximum atomic E-state index is 0. The molecule has 0 aromatic heterocycles. The third-order valence-corrected chi connectivity index (χ3v) is 0. The van der Waals surface area contributed by atoms with Crippen LogP contribution in [0, 0.1) is 0 Å². The first kappa shape index (κ1) is 52.2. The predicted molar refractivity (Wildman–Crippen MR) is 47.9 cm³/mol. The number of rotatable bonds is 0. The summed E-state index contributed by atoms with van der Waals surface area (Å²) in [5.41, 5.74) is 0. The summed E-state index contributed by atoms with van der Waals surface area (Å²) >= 11 is 0. The van der Waals surface area contributed by atoms with Gasteiger partial charge in [0.05, 0.1) is 0 Å². The van der Waals surface area contributed by atoms with Gasteiger partial charge in [0.2, 0.25) is 0 Å². The van der Waals surface area contributed by atoms with Crippen LogP contribution in [0.5, 0.6) is 0 Å². The molecule has 0 saturated carbocycles. The van der Waals surface area contributed by atoms with Crippen molar-refractivity contribution in [3.05, 3.63) is 0 Å². The Balaban J connectivity index is 0. The van der Waals surface area contributed by atoms with Gasteiger partial charge in [-0.3, -0.25) is 0 Å². The van der Waals surface area contributed by atoms with E-state index in [1.165, 1.54) is 0 Å².